The van der Waals surface area contributed by atoms with Crippen molar-refractivity contribution in [3.63, 3.8) is 0 Å². The molecule has 112 valence electrons. The summed E-state index contributed by atoms with van der Waals surface area (Å²) in [6.45, 7) is 1.74. The first-order chi connectivity index (χ1) is 10.3. The normalized spacial score (nSPS) is 10.4. The van der Waals surface area contributed by atoms with Gasteiger partial charge in [0.15, 0.2) is 5.82 Å². The van der Waals surface area contributed by atoms with Gasteiger partial charge in [-0.3, -0.25) is 0 Å². The molecule has 0 aliphatic carbocycles. The van der Waals surface area contributed by atoms with Gasteiger partial charge in [-0.1, -0.05) is 18.2 Å². The number of aromatic nitrogens is 3. The summed E-state index contributed by atoms with van der Waals surface area (Å²) in [5.41, 5.74) is 0.672. The number of anilines is 2. The molecule has 0 saturated carbocycles. The third-order valence-corrected chi connectivity index (χ3v) is 2.81. The third kappa shape index (κ3) is 4.96. The Morgan fingerprint density at radius 2 is 2.05 bits per heavy atom. The number of benzene rings is 1. The summed E-state index contributed by atoms with van der Waals surface area (Å²) in [6.07, 6.45) is 2.10. The quantitative estimate of drug-likeness (QED) is 0.722. The molecule has 0 unspecified atom stereocenters. The highest BCUT2D eigenvalue weighted by Crippen LogP contribution is 2.08. The summed E-state index contributed by atoms with van der Waals surface area (Å²) in [7, 11) is 1.63. The smallest absolute Gasteiger partial charge is 0.244 e. The topological polar surface area (TPSA) is 72.0 Å². The Labute approximate surface area is 122 Å². The molecule has 6 nitrogen and oxygen atoms in total. The van der Waals surface area contributed by atoms with E-state index in [1.807, 2.05) is 6.07 Å². The Morgan fingerprint density at radius 1 is 1.19 bits per heavy atom. The van der Waals surface area contributed by atoms with Crippen molar-refractivity contribution in [2.75, 3.05) is 37.4 Å². The molecule has 0 aliphatic heterocycles. The SMILES string of the molecule is COCCNc1nncc(NCCc2ccccc2F)n1. The molecule has 0 aliphatic rings. The van der Waals surface area contributed by atoms with Crippen molar-refractivity contribution in [3.05, 3.63) is 41.8 Å². The highest BCUT2D eigenvalue weighted by molar-refractivity contribution is 5.37. The average molecular weight is 291 g/mol. The maximum Gasteiger partial charge on any atom is 0.244 e. The lowest BCUT2D eigenvalue weighted by atomic mass is 10.1. The molecule has 0 radical (unpaired) electrons. The van der Waals surface area contributed by atoms with Crippen LogP contribution in [0.5, 0.6) is 0 Å². The lowest BCUT2D eigenvalue weighted by molar-refractivity contribution is 0.210. The number of halogens is 1. The van der Waals surface area contributed by atoms with Gasteiger partial charge in [0.05, 0.1) is 12.8 Å². The zero-order valence-electron chi connectivity index (χ0n) is 11.8. The summed E-state index contributed by atoms with van der Waals surface area (Å²) in [5.74, 6) is 0.839. The van der Waals surface area contributed by atoms with E-state index < -0.39 is 0 Å². The van der Waals surface area contributed by atoms with Crippen LogP contribution in [0.3, 0.4) is 0 Å². The van der Waals surface area contributed by atoms with Crippen molar-refractivity contribution in [3.8, 4) is 0 Å². The Balaban J connectivity index is 1.83. The molecule has 2 rings (SSSR count). The fourth-order valence-corrected chi connectivity index (χ4v) is 1.75. The molecular formula is C14H18FN5O. The van der Waals surface area contributed by atoms with Crippen LogP contribution in [0.1, 0.15) is 5.56 Å². The fraction of sp³-hybridized carbons (Fsp3) is 0.357. The van der Waals surface area contributed by atoms with Crippen LogP contribution in [0.15, 0.2) is 30.5 Å². The van der Waals surface area contributed by atoms with Crippen molar-refractivity contribution in [2.24, 2.45) is 0 Å². The zero-order valence-corrected chi connectivity index (χ0v) is 11.8. The van der Waals surface area contributed by atoms with E-state index in [0.717, 1.165) is 0 Å². The van der Waals surface area contributed by atoms with Crippen LogP contribution >= 0.6 is 0 Å². The van der Waals surface area contributed by atoms with Gasteiger partial charge in [0, 0.05) is 20.2 Å². The van der Waals surface area contributed by atoms with Crippen LogP contribution in [0, 0.1) is 5.82 Å². The highest BCUT2D eigenvalue weighted by atomic mass is 19.1. The number of rotatable bonds is 8. The largest absolute Gasteiger partial charge is 0.383 e. The molecule has 0 saturated heterocycles. The lowest BCUT2D eigenvalue weighted by Gasteiger charge is -2.07. The van der Waals surface area contributed by atoms with Crippen LogP contribution < -0.4 is 10.6 Å². The maximum absolute atomic E-state index is 13.5. The predicted octanol–water partition coefficient (Wildman–Crippen LogP) is 1.72. The molecule has 0 amide bonds. The molecule has 7 heteroatoms. The molecule has 0 spiro atoms. The van der Waals surface area contributed by atoms with E-state index in [0.29, 0.717) is 43.4 Å². The summed E-state index contributed by atoms with van der Waals surface area (Å²) in [6, 6.07) is 6.73. The fourth-order valence-electron chi connectivity index (χ4n) is 1.75. The predicted molar refractivity (Wildman–Crippen MR) is 78.8 cm³/mol. The maximum atomic E-state index is 13.5. The molecule has 2 N–H and O–H groups in total. The standard InChI is InChI=1S/C14H18FN5O/c1-21-9-8-17-14-19-13(10-18-20-14)16-7-6-11-4-2-3-5-12(11)15/h2-5,10H,6-9H2,1H3,(H2,16,17,19,20). The minimum Gasteiger partial charge on any atom is -0.383 e. The number of nitrogens with zero attached hydrogens (tertiary/aromatic N) is 3. The van der Waals surface area contributed by atoms with Crippen molar-refractivity contribution in [1.29, 1.82) is 0 Å². The van der Waals surface area contributed by atoms with Gasteiger partial charge < -0.3 is 15.4 Å². The molecule has 0 atom stereocenters. The molecule has 1 heterocycles. The summed E-state index contributed by atoms with van der Waals surface area (Å²) in [5, 5.41) is 13.8. The van der Waals surface area contributed by atoms with E-state index in [-0.39, 0.29) is 5.82 Å². The average Bonchev–Trinajstić information content (AvgIpc) is 2.50. The van der Waals surface area contributed by atoms with E-state index in [1.165, 1.54) is 12.3 Å². The molecule has 0 bridgehead atoms. The first kappa shape index (κ1) is 15.1. The van der Waals surface area contributed by atoms with Crippen LogP contribution in [0.2, 0.25) is 0 Å². The molecule has 21 heavy (non-hydrogen) atoms. The zero-order chi connectivity index (χ0) is 14.9. The van der Waals surface area contributed by atoms with Crippen LogP contribution in [-0.2, 0) is 11.2 Å². The van der Waals surface area contributed by atoms with Gasteiger partial charge in [0.1, 0.15) is 5.82 Å². The Hall–Kier alpha value is -2.28. The minimum absolute atomic E-state index is 0.193. The van der Waals surface area contributed by atoms with E-state index in [9.17, 15) is 4.39 Å². The van der Waals surface area contributed by atoms with Crippen LogP contribution in [0.4, 0.5) is 16.2 Å². The van der Waals surface area contributed by atoms with Gasteiger partial charge in [-0.25, -0.2) is 4.39 Å². The molecule has 0 fully saturated rings. The van der Waals surface area contributed by atoms with E-state index in [2.05, 4.69) is 25.8 Å². The number of hydrogen-bond donors (Lipinski definition) is 2. The second-order valence-corrected chi connectivity index (χ2v) is 4.35. The molecule has 1 aromatic carbocycles. The summed E-state index contributed by atoms with van der Waals surface area (Å²) >= 11 is 0. The van der Waals surface area contributed by atoms with E-state index in [1.54, 1.807) is 19.2 Å². The van der Waals surface area contributed by atoms with Gasteiger partial charge >= 0.3 is 0 Å². The minimum atomic E-state index is -0.193. The number of methoxy groups -OCH3 is 1. The van der Waals surface area contributed by atoms with Gasteiger partial charge in [-0.05, 0) is 18.1 Å². The van der Waals surface area contributed by atoms with Crippen molar-refractivity contribution in [1.82, 2.24) is 15.2 Å². The van der Waals surface area contributed by atoms with Crippen LogP contribution in [-0.4, -0.2) is 42.0 Å². The molecular weight excluding hydrogens is 273 g/mol. The highest BCUT2D eigenvalue weighted by Gasteiger charge is 2.02. The number of ether oxygens (including phenoxy) is 1. The lowest BCUT2D eigenvalue weighted by Crippen LogP contribution is -2.13. The Morgan fingerprint density at radius 3 is 2.86 bits per heavy atom. The Bertz CT molecular complexity index is 567. The van der Waals surface area contributed by atoms with Gasteiger partial charge in [0.2, 0.25) is 5.95 Å². The monoisotopic (exact) mass is 291 g/mol. The van der Waals surface area contributed by atoms with Crippen LogP contribution in [0.25, 0.3) is 0 Å². The van der Waals surface area contributed by atoms with Crippen molar-refractivity contribution in [2.45, 2.75) is 6.42 Å². The van der Waals surface area contributed by atoms with Gasteiger partial charge in [-0.2, -0.15) is 10.1 Å². The summed E-state index contributed by atoms with van der Waals surface area (Å²) < 4.78 is 18.4. The second kappa shape index (κ2) is 8.11. The number of nitrogens with one attached hydrogen (secondary N) is 2. The van der Waals surface area contributed by atoms with Gasteiger partial charge in [0.25, 0.3) is 0 Å². The Kier molecular flexibility index (Phi) is 5.83. The van der Waals surface area contributed by atoms with Gasteiger partial charge in [-0.15, -0.1) is 5.10 Å². The molecule has 2 aromatic rings. The second-order valence-electron chi connectivity index (χ2n) is 4.35. The molecule has 1 aromatic heterocycles. The van der Waals surface area contributed by atoms with Crippen molar-refractivity contribution < 1.29 is 9.13 Å². The summed E-state index contributed by atoms with van der Waals surface area (Å²) in [4.78, 5) is 4.25. The third-order valence-electron chi connectivity index (χ3n) is 2.81. The number of hydrogen-bond acceptors (Lipinski definition) is 6. The van der Waals surface area contributed by atoms with E-state index in [4.69, 9.17) is 4.74 Å². The first-order valence-corrected chi connectivity index (χ1v) is 6.69. The first-order valence-electron chi connectivity index (χ1n) is 6.69. The van der Waals surface area contributed by atoms with Crippen molar-refractivity contribution >= 4 is 11.8 Å². The van der Waals surface area contributed by atoms with E-state index >= 15 is 0 Å².